The lowest BCUT2D eigenvalue weighted by atomic mass is 9.96. The molecule has 7 heterocycles. The second-order valence-corrected chi connectivity index (χ2v) is 19.3. The highest BCUT2D eigenvalue weighted by Crippen LogP contribution is 2.52. The molecule has 0 atom stereocenters. The zero-order valence-electron chi connectivity index (χ0n) is 38.5. The van der Waals surface area contributed by atoms with Crippen molar-refractivity contribution >= 4 is 120 Å². The minimum atomic E-state index is 0.746. The Morgan fingerprint density at radius 1 is 0.236 bits per heavy atom. The summed E-state index contributed by atoms with van der Waals surface area (Å²) in [7, 11) is 0. The van der Waals surface area contributed by atoms with E-state index in [9.17, 15) is 0 Å². The fourth-order valence-corrected chi connectivity index (χ4v) is 12.5. The van der Waals surface area contributed by atoms with Crippen LogP contribution in [0.15, 0.2) is 219 Å². The summed E-state index contributed by atoms with van der Waals surface area (Å²) in [6.45, 7) is 0. The van der Waals surface area contributed by atoms with Crippen LogP contribution in [0.4, 0.5) is 0 Å². The van der Waals surface area contributed by atoms with Crippen molar-refractivity contribution < 1.29 is 0 Å². The Morgan fingerprint density at radius 2 is 0.597 bits per heavy atom. The summed E-state index contributed by atoms with van der Waals surface area (Å²) in [4.78, 5) is 21.9. The predicted molar refractivity (Wildman–Crippen MR) is 299 cm³/mol. The summed E-state index contributed by atoms with van der Waals surface area (Å²) in [6, 6.07) is 75.0. The maximum Gasteiger partial charge on any atom is 0.118 e. The molecule has 0 amide bonds. The largest absolute Gasteiger partial charge is 0.306 e. The van der Waals surface area contributed by atoms with Crippen LogP contribution in [-0.4, -0.2) is 28.7 Å². The Labute approximate surface area is 410 Å². The summed E-state index contributed by atoms with van der Waals surface area (Å²) in [6.07, 6.45) is 3.73. The molecular formula is C66H36N6. The van der Waals surface area contributed by atoms with Crippen molar-refractivity contribution in [3.8, 4) is 44.5 Å². The van der Waals surface area contributed by atoms with Gasteiger partial charge in [-0.3, -0.25) is 9.97 Å². The molecule has 6 heteroatoms. The molecule has 0 fully saturated rings. The summed E-state index contributed by atoms with van der Waals surface area (Å²) >= 11 is 0. The van der Waals surface area contributed by atoms with Gasteiger partial charge in [-0.25, -0.2) is 9.97 Å². The molecule has 72 heavy (non-hydrogen) atoms. The molecule has 0 saturated heterocycles. The van der Waals surface area contributed by atoms with Crippen molar-refractivity contribution in [3.63, 3.8) is 0 Å². The van der Waals surface area contributed by atoms with E-state index in [1.807, 2.05) is 24.5 Å². The molecule has 0 radical (unpaired) electrons. The molecule has 0 aliphatic rings. The van der Waals surface area contributed by atoms with Gasteiger partial charge in [-0.15, -0.1) is 0 Å². The Bertz CT molecular complexity index is 4800. The van der Waals surface area contributed by atoms with E-state index >= 15 is 0 Å². The Morgan fingerprint density at radius 3 is 1.00 bits per heavy atom. The number of benzene rings is 10. The topological polar surface area (TPSA) is 60.4 Å². The first-order valence-electron chi connectivity index (χ1n) is 24.5. The third-order valence-corrected chi connectivity index (χ3v) is 15.6. The highest BCUT2D eigenvalue weighted by Gasteiger charge is 2.30. The molecule has 17 aromatic rings. The second-order valence-electron chi connectivity index (χ2n) is 19.3. The normalized spacial score (nSPS) is 12.4. The molecule has 0 bridgehead atoms. The first-order chi connectivity index (χ1) is 35.7. The van der Waals surface area contributed by atoms with Crippen molar-refractivity contribution in [1.82, 2.24) is 28.7 Å². The molecule has 330 valence electrons. The van der Waals surface area contributed by atoms with Crippen molar-refractivity contribution in [1.29, 1.82) is 0 Å². The van der Waals surface area contributed by atoms with Crippen LogP contribution in [0.1, 0.15) is 0 Å². The fraction of sp³-hybridized carbons (Fsp3) is 0. The lowest BCUT2D eigenvalue weighted by Gasteiger charge is -2.12. The van der Waals surface area contributed by atoms with E-state index in [4.69, 9.17) is 19.9 Å². The summed E-state index contributed by atoms with van der Waals surface area (Å²) in [5.41, 5.74) is 21.0. The van der Waals surface area contributed by atoms with Crippen LogP contribution in [0.25, 0.3) is 165 Å². The van der Waals surface area contributed by atoms with Gasteiger partial charge in [-0.2, -0.15) is 0 Å². The van der Waals surface area contributed by atoms with Crippen molar-refractivity contribution in [2.75, 3.05) is 0 Å². The van der Waals surface area contributed by atoms with Crippen LogP contribution in [0.2, 0.25) is 0 Å². The van der Waals surface area contributed by atoms with Crippen molar-refractivity contribution in [3.05, 3.63) is 219 Å². The molecular weight excluding hydrogens is 877 g/mol. The molecule has 0 unspecified atom stereocenters. The Kier molecular flexibility index (Phi) is 7.38. The van der Waals surface area contributed by atoms with E-state index in [2.05, 4.69) is 203 Å². The van der Waals surface area contributed by atoms with E-state index in [1.165, 1.54) is 54.8 Å². The lowest BCUT2D eigenvalue weighted by molar-refractivity contribution is 1.33. The molecule has 17 rings (SSSR count). The van der Waals surface area contributed by atoms with Gasteiger partial charge in [0.2, 0.25) is 0 Å². The van der Waals surface area contributed by atoms with E-state index in [0.717, 1.165) is 110 Å². The summed E-state index contributed by atoms with van der Waals surface area (Å²) < 4.78 is 5.11. The van der Waals surface area contributed by atoms with Crippen LogP contribution in [-0.2, 0) is 0 Å². The molecule has 10 aromatic carbocycles. The SMILES string of the molecule is c1ccc(-c2ccc3c(c2)c2cc(-c4ccccc4)cc4c5c6nc7c8ncccc8c8cccnc8c7nc6c6c7cc(-c8ccccc8)cc8c9cc(-c%10ccccc%10)ccc9n(c87)c6c5n3c24)cc1. The zero-order valence-corrected chi connectivity index (χ0v) is 38.5. The number of hydrogen-bond acceptors (Lipinski definition) is 4. The average Bonchev–Trinajstić information content (AvgIpc) is 4.20. The quantitative estimate of drug-likeness (QED) is 0.130. The second kappa shape index (κ2) is 13.9. The highest BCUT2D eigenvalue weighted by atomic mass is 15.0. The monoisotopic (exact) mass is 912 g/mol. The number of rotatable bonds is 4. The third kappa shape index (κ3) is 4.97. The van der Waals surface area contributed by atoms with Gasteiger partial charge in [-0.05, 0) is 105 Å². The van der Waals surface area contributed by atoms with Gasteiger partial charge in [0.05, 0.1) is 44.1 Å². The third-order valence-electron chi connectivity index (χ3n) is 15.6. The lowest BCUT2D eigenvalue weighted by Crippen LogP contribution is -1.96. The molecule has 0 aliphatic carbocycles. The van der Waals surface area contributed by atoms with Gasteiger partial charge < -0.3 is 8.80 Å². The zero-order chi connectivity index (χ0) is 46.8. The minimum absolute atomic E-state index is 0.746. The van der Waals surface area contributed by atoms with Crippen LogP contribution in [0, 0.1) is 0 Å². The van der Waals surface area contributed by atoms with Crippen LogP contribution < -0.4 is 0 Å². The van der Waals surface area contributed by atoms with Gasteiger partial charge in [0.25, 0.3) is 0 Å². The highest BCUT2D eigenvalue weighted by molar-refractivity contribution is 6.41. The maximum atomic E-state index is 5.90. The smallest absolute Gasteiger partial charge is 0.118 e. The number of aromatic nitrogens is 6. The average molecular weight is 913 g/mol. The van der Waals surface area contributed by atoms with Crippen LogP contribution >= 0.6 is 0 Å². The summed E-state index contributed by atoms with van der Waals surface area (Å²) in [5, 5.41) is 11.2. The van der Waals surface area contributed by atoms with Gasteiger partial charge in [0, 0.05) is 66.3 Å². The number of fused-ring (bicyclic) bond motifs is 22. The van der Waals surface area contributed by atoms with E-state index in [-0.39, 0.29) is 0 Å². The number of nitrogens with zero attached hydrogens (tertiary/aromatic N) is 6. The van der Waals surface area contributed by atoms with E-state index < -0.39 is 0 Å². The van der Waals surface area contributed by atoms with E-state index in [0.29, 0.717) is 0 Å². The first kappa shape index (κ1) is 38.1. The number of pyridine rings is 2. The Hall–Kier alpha value is -9.78. The number of hydrogen-bond donors (Lipinski definition) is 0. The van der Waals surface area contributed by atoms with Gasteiger partial charge in [0.1, 0.15) is 22.1 Å². The van der Waals surface area contributed by atoms with Gasteiger partial charge in [0.15, 0.2) is 0 Å². The minimum Gasteiger partial charge on any atom is -0.306 e. The molecule has 7 aromatic heterocycles. The van der Waals surface area contributed by atoms with Crippen molar-refractivity contribution in [2.45, 2.75) is 0 Å². The van der Waals surface area contributed by atoms with Crippen LogP contribution in [0.3, 0.4) is 0 Å². The standard InChI is InChI=1S/C66H36N6/c1-5-15-37(16-6-1)41-25-27-53-47(31-41)49-33-43(39-19-9-3-10-20-39)35-51-55-59-60(70-62-58-46(24-14-30-68-58)45-23-13-29-67-57(45)61(62)69-59)56-52-36-44(40-21-11-4-12-22-40)34-50-48-32-42(38-17-7-2-8-18-38)26-28-54(48)72(64(50)52)66(56)65(55)71(53)63(49)51/h1-36H. The predicted octanol–water partition coefficient (Wildman–Crippen LogP) is 16.8. The maximum absolute atomic E-state index is 5.90. The molecule has 0 aliphatic heterocycles. The first-order valence-corrected chi connectivity index (χ1v) is 24.5. The van der Waals surface area contributed by atoms with Crippen molar-refractivity contribution in [2.24, 2.45) is 0 Å². The van der Waals surface area contributed by atoms with Gasteiger partial charge in [-0.1, -0.05) is 146 Å². The molecule has 6 nitrogen and oxygen atoms in total. The van der Waals surface area contributed by atoms with E-state index in [1.54, 1.807) is 0 Å². The Balaban J connectivity index is 1.16. The summed E-state index contributed by atoms with van der Waals surface area (Å²) in [5.74, 6) is 0. The molecule has 0 N–H and O–H groups in total. The van der Waals surface area contributed by atoms with Gasteiger partial charge >= 0.3 is 0 Å². The van der Waals surface area contributed by atoms with Crippen LogP contribution in [0.5, 0.6) is 0 Å². The molecule has 0 spiro atoms. The molecule has 0 saturated carbocycles. The fourth-order valence-electron chi connectivity index (χ4n) is 12.5.